The van der Waals surface area contributed by atoms with E-state index in [-0.39, 0.29) is 24.2 Å². The van der Waals surface area contributed by atoms with Crippen LogP contribution in [-0.2, 0) is 52.5 Å². The number of hydrogen-bond donors (Lipinski definition) is 1. The van der Waals surface area contributed by atoms with Crippen LogP contribution >= 0.6 is 0 Å². The normalized spacial score (nSPS) is 33.8. The molecule has 2 saturated carbocycles. The summed E-state index contributed by atoms with van der Waals surface area (Å²) in [6.07, 6.45) is -7.27. The van der Waals surface area contributed by atoms with E-state index in [0.717, 1.165) is 0 Å². The summed E-state index contributed by atoms with van der Waals surface area (Å²) in [5.74, 6) is -6.52. The maximum atomic E-state index is 13.6. The molecule has 12 nitrogen and oxygen atoms in total. The van der Waals surface area contributed by atoms with Crippen molar-refractivity contribution < 1.29 is 57.6 Å². The Morgan fingerprint density at radius 3 is 1.89 bits per heavy atom. The summed E-state index contributed by atoms with van der Waals surface area (Å²) in [7, 11) is 0. The first kappa shape index (κ1) is 35.9. The van der Waals surface area contributed by atoms with Crippen LogP contribution in [-0.4, -0.2) is 77.4 Å². The van der Waals surface area contributed by atoms with Crippen molar-refractivity contribution in [3.05, 3.63) is 23.3 Å². The van der Waals surface area contributed by atoms with Crippen molar-refractivity contribution >= 4 is 35.6 Å². The van der Waals surface area contributed by atoms with Gasteiger partial charge in [-0.05, 0) is 42.9 Å². The average Bonchev–Trinajstić information content (AvgIpc) is 2.89. The van der Waals surface area contributed by atoms with Gasteiger partial charge in [-0.15, -0.1) is 0 Å². The first-order chi connectivity index (χ1) is 20.7. The molecule has 0 amide bonds. The van der Waals surface area contributed by atoms with Gasteiger partial charge in [-0.2, -0.15) is 0 Å². The second-order valence-electron chi connectivity index (χ2n) is 13.3. The Balaban J connectivity index is 2.46. The fourth-order valence-corrected chi connectivity index (χ4v) is 7.54. The number of aliphatic hydroxyl groups is 1. The van der Waals surface area contributed by atoms with E-state index in [1.54, 1.807) is 13.8 Å². The van der Waals surface area contributed by atoms with Crippen LogP contribution in [0.1, 0.15) is 82.1 Å². The highest BCUT2D eigenvalue weighted by Crippen LogP contribution is 2.61. The second kappa shape index (κ2) is 13.1. The van der Waals surface area contributed by atoms with Crippen LogP contribution in [0.5, 0.6) is 0 Å². The van der Waals surface area contributed by atoms with Crippen LogP contribution < -0.4 is 0 Å². The molecule has 0 heterocycles. The molecule has 12 heteroatoms. The molecule has 3 aliphatic rings. The highest BCUT2D eigenvalue weighted by molar-refractivity contribution is 5.97. The van der Waals surface area contributed by atoms with E-state index in [2.05, 4.69) is 6.58 Å². The Morgan fingerprint density at radius 1 is 0.867 bits per heavy atom. The lowest BCUT2D eigenvalue weighted by molar-refractivity contribution is -0.228. The molecule has 2 unspecified atom stereocenters. The maximum Gasteiger partial charge on any atom is 0.311 e. The fourth-order valence-electron chi connectivity index (χ4n) is 7.54. The number of fused-ring (bicyclic) bond motifs is 3. The van der Waals surface area contributed by atoms with Gasteiger partial charge in [0.2, 0.25) is 0 Å². The third-order valence-electron chi connectivity index (χ3n) is 9.90. The van der Waals surface area contributed by atoms with Gasteiger partial charge >= 0.3 is 29.8 Å². The molecule has 0 aliphatic heterocycles. The monoisotopic (exact) mass is 634 g/mol. The largest absolute Gasteiger partial charge is 0.462 e. The van der Waals surface area contributed by atoms with Gasteiger partial charge in [-0.1, -0.05) is 27.4 Å². The molecular weight excluding hydrogens is 588 g/mol. The first-order valence-corrected chi connectivity index (χ1v) is 15.2. The number of carbonyl (C=O) groups is 6. The van der Waals surface area contributed by atoms with Gasteiger partial charge in [0.1, 0.15) is 18.3 Å². The number of rotatable bonds is 7. The van der Waals surface area contributed by atoms with Crippen molar-refractivity contribution in [1.82, 2.24) is 0 Å². The van der Waals surface area contributed by atoms with Crippen molar-refractivity contribution in [2.75, 3.05) is 0 Å². The lowest BCUT2D eigenvalue weighted by atomic mass is 9.48. The van der Waals surface area contributed by atoms with Crippen LogP contribution in [0.25, 0.3) is 0 Å². The Bertz CT molecular complexity index is 1310. The Morgan fingerprint density at radius 2 is 1.40 bits per heavy atom. The van der Waals surface area contributed by atoms with E-state index in [1.807, 2.05) is 13.8 Å². The van der Waals surface area contributed by atoms with E-state index in [9.17, 15) is 33.9 Å². The molecule has 45 heavy (non-hydrogen) atoms. The Kier molecular flexibility index (Phi) is 10.4. The van der Waals surface area contributed by atoms with Gasteiger partial charge in [-0.25, -0.2) is 0 Å². The summed E-state index contributed by atoms with van der Waals surface area (Å²) < 4.78 is 29.7. The molecular formula is C33H46O12. The number of carbonyl (C=O) groups excluding carboxylic acids is 6. The van der Waals surface area contributed by atoms with Crippen LogP contribution in [0.4, 0.5) is 0 Å². The summed E-state index contributed by atoms with van der Waals surface area (Å²) in [6, 6.07) is 0. The number of ether oxygens (including phenoxy) is 5. The SMILES string of the molecule is C=C1[C@@H](OC(=O)C(C)C(C)O)C[C@H](OC(C)=O)[C@@]2(C)[C@@H](OC(C)=O)[C@H](OC(C)=O)C3=C(C)C(=O)C[C@@H]([C@@H](OC(C)=O)[C@H]12)C3(C)C. The minimum atomic E-state index is -1.51. The Labute approximate surface area is 263 Å². The number of hydrogen-bond acceptors (Lipinski definition) is 12. The summed E-state index contributed by atoms with van der Waals surface area (Å²) >= 11 is 0. The van der Waals surface area contributed by atoms with Gasteiger partial charge in [0, 0.05) is 52.4 Å². The Hall–Kier alpha value is -3.54. The molecule has 0 saturated heterocycles. The van der Waals surface area contributed by atoms with Crippen molar-refractivity contribution in [2.24, 2.45) is 28.6 Å². The number of aliphatic hydroxyl groups excluding tert-OH is 1. The zero-order valence-corrected chi connectivity index (χ0v) is 27.8. The predicted molar refractivity (Wildman–Crippen MR) is 158 cm³/mol. The summed E-state index contributed by atoms with van der Waals surface area (Å²) in [4.78, 5) is 77.5. The predicted octanol–water partition coefficient (Wildman–Crippen LogP) is 3.17. The van der Waals surface area contributed by atoms with Crippen LogP contribution in [0.15, 0.2) is 23.3 Å². The van der Waals surface area contributed by atoms with Crippen LogP contribution in [0, 0.1) is 28.6 Å². The number of esters is 5. The quantitative estimate of drug-likeness (QED) is 0.247. The molecule has 2 bridgehead atoms. The molecule has 3 rings (SSSR count). The second-order valence-corrected chi connectivity index (χ2v) is 13.3. The standard InChI is InChI=1S/C33H46O12/c1-14(17(4)34)31(40)45-24-13-25(41-18(5)35)33(11)27(16(24)3)28(42-19(6)36)22-12-23(39)15(2)26(32(22,9)10)29(43-20(7)37)30(33)44-21(8)38/h14,17,22,24-25,27-30,34H,3,12-13H2,1-2,4-11H3/t14?,17?,22-,24-,25-,27-,28+,29+,30-,33+/m0/s1. The summed E-state index contributed by atoms with van der Waals surface area (Å²) in [5, 5.41) is 10.0. The maximum absolute atomic E-state index is 13.6. The van der Waals surface area contributed by atoms with Crippen LogP contribution in [0.2, 0.25) is 0 Å². The number of Topliss-reactive ketones (excluding diaryl/α,β-unsaturated/α-hetero) is 1. The molecule has 10 atom stereocenters. The molecule has 1 N–H and O–H groups in total. The molecule has 0 radical (unpaired) electrons. The zero-order chi connectivity index (χ0) is 34.3. The number of allylic oxidation sites excluding steroid dienone is 1. The topological polar surface area (TPSA) is 169 Å². The molecule has 250 valence electrons. The van der Waals surface area contributed by atoms with Crippen molar-refractivity contribution in [3.8, 4) is 0 Å². The van der Waals surface area contributed by atoms with Gasteiger partial charge in [0.05, 0.1) is 17.4 Å². The van der Waals surface area contributed by atoms with Gasteiger partial charge < -0.3 is 28.8 Å². The van der Waals surface area contributed by atoms with E-state index in [0.29, 0.717) is 11.1 Å². The lowest BCUT2D eigenvalue weighted by Crippen LogP contribution is -2.68. The minimum Gasteiger partial charge on any atom is -0.462 e. The highest BCUT2D eigenvalue weighted by atomic mass is 16.6. The number of ketones is 1. The van der Waals surface area contributed by atoms with Crippen molar-refractivity contribution in [3.63, 3.8) is 0 Å². The fraction of sp³-hybridized carbons (Fsp3) is 0.697. The lowest BCUT2D eigenvalue weighted by Gasteiger charge is -2.60. The molecule has 0 aromatic carbocycles. The van der Waals surface area contributed by atoms with E-state index < -0.39 is 95.1 Å². The van der Waals surface area contributed by atoms with Crippen molar-refractivity contribution in [2.45, 2.75) is 119 Å². The van der Waals surface area contributed by atoms with Gasteiger partial charge in [0.25, 0.3) is 0 Å². The molecule has 0 spiro atoms. The molecule has 3 aliphatic carbocycles. The smallest absolute Gasteiger partial charge is 0.311 e. The van der Waals surface area contributed by atoms with E-state index >= 15 is 0 Å². The molecule has 0 aromatic heterocycles. The third kappa shape index (κ3) is 6.71. The third-order valence-corrected chi connectivity index (χ3v) is 9.90. The zero-order valence-electron chi connectivity index (χ0n) is 27.8. The van der Waals surface area contributed by atoms with Gasteiger partial charge in [0.15, 0.2) is 18.0 Å². The van der Waals surface area contributed by atoms with E-state index in [4.69, 9.17) is 23.7 Å². The van der Waals surface area contributed by atoms with Crippen molar-refractivity contribution in [1.29, 1.82) is 0 Å². The van der Waals surface area contributed by atoms with E-state index in [1.165, 1.54) is 41.5 Å². The van der Waals surface area contributed by atoms with Crippen LogP contribution in [0.3, 0.4) is 0 Å². The molecule has 2 fully saturated rings. The molecule has 0 aromatic rings. The first-order valence-electron chi connectivity index (χ1n) is 15.2. The van der Waals surface area contributed by atoms with Gasteiger partial charge in [-0.3, -0.25) is 28.8 Å². The average molecular weight is 635 g/mol. The summed E-state index contributed by atoms with van der Waals surface area (Å²) in [5.41, 5.74) is -1.50. The summed E-state index contributed by atoms with van der Waals surface area (Å²) in [6.45, 7) is 19.0. The highest BCUT2D eigenvalue weighted by Gasteiger charge is 2.68. The minimum absolute atomic E-state index is 0.0487.